The lowest BCUT2D eigenvalue weighted by Gasteiger charge is -2.05. The minimum atomic E-state index is -0.545. The number of rotatable bonds is 7. The number of hydrogen-bond acceptors (Lipinski definition) is 7. The molecule has 0 aliphatic carbocycles. The summed E-state index contributed by atoms with van der Waals surface area (Å²) in [7, 11) is 1.60. The van der Waals surface area contributed by atoms with E-state index in [1.54, 1.807) is 25.4 Å². The van der Waals surface area contributed by atoms with Crippen LogP contribution in [0.2, 0.25) is 0 Å². The predicted octanol–water partition coefficient (Wildman–Crippen LogP) is 3.66. The third kappa shape index (κ3) is 4.93. The summed E-state index contributed by atoms with van der Waals surface area (Å²) in [5.74, 6) is -0.134. The summed E-state index contributed by atoms with van der Waals surface area (Å²) in [5.41, 5.74) is 1.46. The number of nitrogens with one attached hydrogen (secondary N) is 1. The molecular weight excluding hydrogens is 384 g/mol. The number of nitrogens with zero attached hydrogens (tertiary/aromatic N) is 1. The molecule has 0 saturated carbocycles. The number of hydrogen-bond donors (Lipinski definition) is 1. The molecule has 0 fully saturated rings. The Morgan fingerprint density at radius 1 is 1.19 bits per heavy atom. The molecule has 6 nitrogen and oxygen atoms in total. The summed E-state index contributed by atoms with van der Waals surface area (Å²) in [4.78, 5) is 30.0. The van der Waals surface area contributed by atoms with Gasteiger partial charge in [-0.15, -0.1) is 22.7 Å². The van der Waals surface area contributed by atoms with Gasteiger partial charge in [-0.3, -0.25) is 4.79 Å². The third-order valence-corrected chi connectivity index (χ3v) is 5.76. The molecule has 8 heteroatoms. The van der Waals surface area contributed by atoms with E-state index < -0.39 is 5.97 Å². The Labute approximate surface area is 164 Å². The smallest absolute Gasteiger partial charge is 0.350 e. The number of carbonyl (C=O) groups excluding carboxylic acids is 2. The summed E-state index contributed by atoms with van der Waals surface area (Å²) in [6, 6.07) is 11.3. The number of methoxy groups -OCH3 is 1. The minimum absolute atomic E-state index is 0.320. The molecular formula is C19H18N2O4S2. The number of amides is 1. The van der Waals surface area contributed by atoms with Gasteiger partial charge in [0.15, 0.2) is 6.61 Å². The summed E-state index contributed by atoms with van der Waals surface area (Å²) in [5, 5.41) is 5.37. The molecule has 0 saturated heterocycles. The second-order valence-electron chi connectivity index (χ2n) is 5.59. The van der Waals surface area contributed by atoms with E-state index >= 15 is 0 Å². The van der Waals surface area contributed by atoms with Gasteiger partial charge in [0, 0.05) is 10.4 Å². The highest BCUT2D eigenvalue weighted by Gasteiger charge is 2.18. The first kappa shape index (κ1) is 19.1. The van der Waals surface area contributed by atoms with Gasteiger partial charge in [0.1, 0.15) is 15.6 Å². The fourth-order valence-electron chi connectivity index (χ4n) is 2.29. The summed E-state index contributed by atoms with van der Waals surface area (Å²) in [6.45, 7) is 1.85. The molecule has 0 unspecified atom stereocenters. The van der Waals surface area contributed by atoms with E-state index in [0.29, 0.717) is 22.1 Å². The van der Waals surface area contributed by atoms with Crippen molar-refractivity contribution >= 4 is 34.6 Å². The fourth-order valence-corrected chi connectivity index (χ4v) is 3.90. The van der Waals surface area contributed by atoms with Gasteiger partial charge >= 0.3 is 5.97 Å². The quantitative estimate of drug-likeness (QED) is 0.610. The molecule has 0 bridgehead atoms. The molecule has 1 N–H and O–H groups in total. The monoisotopic (exact) mass is 402 g/mol. The zero-order chi connectivity index (χ0) is 19.2. The molecule has 1 amide bonds. The number of thiazole rings is 1. The highest BCUT2D eigenvalue weighted by atomic mass is 32.1. The van der Waals surface area contributed by atoms with Crippen molar-refractivity contribution in [3.05, 3.63) is 57.2 Å². The van der Waals surface area contributed by atoms with E-state index in [9.17, 15) is 9.59 Å². The Bertz CT molecular complexity index is 918. The van der Waals surface area contributed by atoms with Crippen molar-refractivity contribution in [2.75, 3.05) is 13.7 Å². The topological polar surface area (TPSA) is 77.5 Å². The Kier molecular flexibility index (Phi) is 6.20. The van der Waals surface area contributed by atoms with Gasteiger partial charge in [-0.1, -0.05) is 6.07 Å². The lowest BCUT2D eigenvalue weighted by atomic mass is 10.2. The van der Waals surface area contributed by atoms with Gasteiger partial charge in [0.25, 0.3) is 5.91 Å². The van der Waals surface area contributed by atoms with E-state index in [4.69, 9.17) is 9.47 Å². The lowest BCUT2D eigenvalue weighted by molar-refractivity contribution is -0.124. The van der Waals surface area contributed by atoms with Gasteiger partial charge < -0.3 is 14.8 Å². The summed E-state index contributed by atoms with van der Waals surface area (Å²) >= 11 is 2.79. The highest BCUT2D eigenvalue weighted by molar-refractivity contribution is 7.17. The number of aryl methyl sites for hydroxylation is 1. The molecule has 3 aromatic rings. The van der Waals surface area contributed by atoms with Crippen LogP contribution in [-0.2, 0) is 16.1 Å². The standard InChI is InChI=1S/C19H18N2O4S2/c1-12-17(27-18(21-12)13-5-7-14(24-2)8-6-13)19(23)25-11-16(22)20-10-15-4-3-9-26-15/h3-9H,10-11H2,1-2H3,(H,20,22). The Morgan fingerprint density at radius 3 is 2.63 bits per heavy atom. The molecule has 140 valence electrons. The molecule has 0 atom stereocenters. The maximum absolute atomic E-state index is 12.3. The fraction of sp³-hybridized carbons (Fsp3) is 0.211. The van der Waals surface area contributed by atoms with Gasteiger partial charge in [0.05, 0.1) is 19.3 Å². The Hall–Kier alpha value is -2.71. The number of carbonyl (C=O) groups is 2. The highest BCUT2D eigenvalue weighted by Crippen LogP contribution is 2.29. The van der Waals surface area contributed by atoms with Crippen LogP contribution >= 0.6 is 22.7 Å². The van der Waals surface area contributed by atoms with Crippen LogP contribution in [0.15, 0.2) is 41.8 Å². The average Bonchev–Trinajstić information content (AvgIpc) is 3.34. The second-order valence-corrected chi connectivity index (χ2v) is 7.63. The van der Waals surface area contributed by atoms with Crippen molar-refractivity contribution in [3.63, 3.8) is 0 Å². The van der Waals surface area contributed by atoms with Crippen LogP contribution in [0, 0.1) is 6.92 Å². The molecule has 0 aliphatic rings. The SMILES string of the molecule is COc1ccc(-c2nc(C)c(C(=O)OCC(=O)NCc3cccs3)s2)cc1. The Morgan fingerprint density at radius 2 is 1.96 bits per heavy atom. The molecule has 1 aromatic carbocycles. The first-order valence-electron chi connectivity index (χ1n) is 8.15. The summed E-state index contributed by atoms with van der Waals surface area (Å²) in [6.07, 6.45) is 0. The van der Waals surface area contributed by atoms with E-state index in [2.05, 4.69) is 10.3 Å². The molecule has 27 heavy (non-hydrogen) atoms. The molecule has 0 radical (unpaired) electrons. The van der Waals surface area contributed by atoms with Gasteiger partial charge in [-0.25, -0.2) is 9.78 Å². The van der Waals surface area contributed by atoms with Crippen molar-refractivity contribution in [1.29, 1.82) is 0 Å². The first-order chi connectivity index (χ1) is 13.1. The molecule has 2 heterocycles. The van der Waals surface area contributed by atoms with Crippen molar-refractivity contribution in [2.45, 2.75) is 13.5 Å². The van der Waals surface area contributed by atoms with Crippen molar-refractivity contribution in [1.82, 2.24) is 10.3 Å². The van der Waals surface area contributed by atoms with Gasteiger partial charge in [-0.05, 0) is 42.6 Å². The zero-order valence-corrected chi connectivity index (χ0v) is 16.5. The largest absolute Gasteiger partial charge is 0.497 e. The first-order valence-corrected chi connectivity index (χ1v) is 9.84. The molecule has 0 spiro atoms. The number of ether oxygens (including phenoxy) is 2. The van der Waals surface area contributed by atoms with Crippen LogP contribution in [0.25, 0.3) is 10.6 Å². The third-order valence-electron chi connectivity index (χ3n) is 3.69. The maximum atomic E-state index is 12.3. The van der Waals surface area contributed by atoms with Crippen LogP contribution in [0.1, 0.15) is 20.2 Å². The van der Waals surface area contributed by atoms with Gasteiger partial charge in [-0.2, -0.15) is 0 Å². The van der Waals surface area contributed by atoms with Crippen molar-refractivity contribution in [2.24, 2.45) is 0 Å². The van der Waals surface area contributed by atoms with Crippen LogP contribution in [-0.4, -0.2) is 30.6 Å². The average molecular weight is 402 g/mol. The van der Waals surface area contributed by atoms with Crippen LogP contribution in [0.3, 0.4) is 0 Å². The number of benzene rings is 1. The Balaban J connectivity index is 1.58. The van der Waals surface area contributed by atoms with Crippen LogP contribution in [0.5, 0.6) is 5.75 Å². The predicted molar refractivity (Wildman–Crippen MR) is 105 cm³/mol. The molecule has 2 aromatic heterocycles. The molecule has 0 aliphatic heterocycles. The van der Waals surface area contributed by atoms with Crippen LogP contribution in [0.4, 0.5) is 0 Å². The molecule has 3 rings (SSSR count). The van der Waals surface area contributed by atoms with Crippen molar-refractivity contribution < 1.29 is 19.1 Å². The van der Waals surface area contributed by atoms with Crippen LogP contribution < -0.4 is 10.1 Å². The number of aromatic nitrogens is 1. The van der Waals surface area contributed by atoms with E-state index in [1.807, 2.05) is 41.8 Å². The minimum Gasteiger partial charge on any atom is -0.497 e. The van der Waals surface area contributed by atoms with E-state index in [-0.39, 0.29) is 12.5 Å². The summed E-state index contributed by atoms with van der Waals surface area (Å²) < 4.78 is 10.3. The van der Waals surface area contributed by atoms with E-state index in [0.717, 1.165) is 16.2 Å². The van der Waals surface area contributed by atoms with Crippen molar-refractivity contribution in [3.8, 4) is 16.3 Å². The lowest BCUT2D eigenvalue weighted by Crippen LogP contribution is -2.28. The number of thiophene rings is 1. The number of esters is 1. The second kappa shape index (κ2) is 8.79. The maximum Gasteiger partial charge on any atom is 0.350 e. The zero-order valence-electron chi connectivity index (χ0n) is 14.9. The normalized spacial score (nSPS) is 10.4. The van der Waals surface area contributed by atoms with E-state index in [1.165, 1.54) is 11.3 Å². The van der Waals surface area contributed by atoms with Gasteiger partial charge in [0.2, 0.25) is 0 Å².